The van der Waals surface area contributed by atoms with E-state index in [4.69, 9.17) is 0 Å². The topological polar surface area (TPSA) is 29.1 Å². The first-order valence-electron chi connectivity index (χ1n) is 6.21. The molecular weight excluding hydrogens is 206 g/mol. The second kappa shape index (κ2) is 6.64. The summed E-state index contributed by atoms with van der Waals surface area (Å²) in [6.45, 7) is 7.61. The van der Waals surface area contributed by atoms with Crippen molar-refractivity contribution in [3.8, 4) is 0 Å². The molecule has 1 aliphatic rings. The summed E-state index contributed by atoms with van der Waals surface area (Å²) in [5.41, 5.74) is 0. The van der Waals surface area contributed by atoms with E-state index >= 15 is 0 Å². The van der Waals surface area contributed by atoms with Crippen molar-refractivity contribution < 1.29 is 4.21 Å². The molecule has 1 N–H and O–H groups in total. The molecule has 0 aromatic rings. The summed E-state index contributed by atoms with van der Waals surface area (Å²) >= 11 is 0. The van der Waals surface area contributed by atoms with Crippen LogP contribution in [0.15, 0.2) is 0 Å². The van der Waals surface area contributed by atoms with Crippen molar-refractivity contribution in [1.29, 1.82) is 0 Å². The Hall–Kier alpha value is 0.110. The lowest BCUT2D eigenvalue weighted by atomic mass is 9.79. The molecule has 3 heteroatoms. The molecule has 0 heterocycles. The van der Waals surface area contributed by atoms with Crippen molar-refractivity contribution in [1.82, 2.24) is 5.32 Å². The van der Waals surface area contributed by atoms with E-state index in [-0.39, 0.29) is 0 Å². The van der Waals surface area contributed by atoms with E-state index in [1.807, 2.05) is 6.92 Å². The van der Waals surface area contributed by atoms with Gasteiger partial charge in [-0.1, -0.05) is 20.8 Å². The Bertz CT molecular complexity index is 208. The van der Waals surface area contributed by atoms with E-state index in [1.54, 1.807) is 0 Å². The van der Waals surface area contributed by atoms with Crippen LogP contribution < -0.4 is 5.32 Å². The number of rotatable bonds is 5. The highest BCUT2D eigenvalue weighted by Gasteiger charge is 2.23. The summed E-state index contributed by atoms with van der Waals surface area (Å²) in [6, 6.07) is 0.671. The van der Waals surface area contributed by atoms with E-state index in [0.29, 0.717) is 6.04 Å². The van der Waals surface area contributed by atoms with Gasteiger partial charge in [0, 0.05) is 34.9 Å². The molecule has 0 saturated heterocycles. The molecule has 1 saturated carbocycles. The average Bonchev–Trinajstić information content (AvgIpc) is 2.23. The fourth-order valence-corrected chi connectivity index (χ4v) is 2.89. The van der Waals surface area contributed by atoms with Gasteiger partial charge < -0.3 is 5.32 Å². The maximum absolute atomic E-state index is 11.2. The molecule has 4 unspecified atom stereocenters. The van der Waals surface area contributed by atoms with Crippen molar-refractivity contribution >= 4 is 10.8 Å². The minimum Gasteiger partial charge on any atom is -0.313 e. The first-order chi connectivity index (χ1) is 7.13. The fraction of sp³-hybridized carbons (Fsp3) is 1.00. The molecule has 0 radical (unpaired) electrons. The Labute approximate surface area is 96.7 Å². The highest BCUT2D eigenvalue weighted by atomic mass is 32.2. The molecule has 0 bridgehead atoms. The van der Waals surface area contributed by atoms with Gasteiger partial charge in [-0.15, -0.1) is 0 Å². The quantitative estimate of drug-likeness (QED) is 0.785. The number of hydrogen-bond acceptors (Lipinski definition) is 2. The molecule has 1 fully saturated rings. The van der Waals surface area contributed by atoms with Crippen molar-refractivity contribution in [3.05, 3.63) is 0 Å². The lowest BCUT2D eigenvalue weighted by molar-refractivity contribution is 0.228. The normalized spacial score (nSPS) is 33.9. The van der Waals surface area contributed by atoms with Gasteiger partial charge in [-0.25, -0.2) is 0 Å². The standard InChI is InChI=1S/C12H25NOS/c1-4-15(14)8-7-13-12-6-5-10(2)11(3)9-12/h10-13H,4-9H2,1-3H3. The van der Waals surface area contributed by atoms with Gasteiger partial charge in [-0.3, -0.25) is 4.21 Å². The van der Waals surface area contributed by atoms with E-state index in [1.165, 1.54) is 19.3 Å². The molecule has 1 aliphatic carbocycles. The average molecular weight is 231 g/mol. The minimum absolute atomic E-state index is 0.610. The Morgan fingerprint density at radius 2 is 2.00 bits per heavy atom. The summed E-state index contributed by atoms with van der Waals surface area (Å²) in [5.74, 6) is 3.33. The highest BCUT2D eigenvalue weighted by Crippen LogP contribution is 2.29. The Kier molecular flexibility index (Phi) is 5.83. The molecule has 0 spiro atoms. The van der Waals surface area contributed by atoms with Crippen LogP contribution in [0.1, 0.15) is 40.0 Å². The molecule has 4 atom stereocenters. The zero-order valence-electron chi connectivity index (χ0n) is 10.3. The van der Waals surface area contributed by atoms with Gasteiger partial charge in [0.1, 0.15) is 0 Å². The SMILES string of the molecule is CCS(=O)CCNC1CCC(C)C(C)C1. The minimum atomic E-state index is -0.610. The van der Waals surface area contributed by atoms with Gasteiger partial charge in [0.2, 0.25) is 0 Å². The smallest absolute Gasteiger partial charge is 0.0360 e. The molecule has 15 heavy (non-hydrogen) atoms. The van der Waals surface area contributed by atoms with Crippen LogP contribution in [0.25, 0.3) is 0 Å². The van der Waals surface area contributed by atoms with Gasteiger partial charge >= 0.3 is 0 Å². The van der Waals surface area contributed by atoms with Crippen LogP contribution in [-0.4, -0.2) is 28.3 Å². The van der Waals surface area contributed by atoms with E-state index in [0.717, 1.165) is 29.9 Å². The molecule has 90 valence electrons. The molecule has 0 amide bonds. The molecule has 2 nitrogen and oxygen atoms in total. The third kappa shape index (κ3) is 4.64. The lowest BCUT2D eigenvalue weighted by Crippen LogP contribution is -2.38. The van der Waals surface area contributed by atoms with Crippen LogP contribution in [0, 0.1) is 11.8 Å². The van der Waals surface area contributed by atoms with Crippen molar-refractivity contribution in [2.45, 2.75) is 46.1 Å². The predicted molar refractivity (Wildman–Crippen MR) is 67.5 cm³/mol. The van der Waals surface area contributed by atoms with Crippen molar-refractivity contribution in [2.24, 2.45) is 11.8 Å². The highest BCUT2D eigenvalue weighted by molar-refractivity contribution is 7.84. The van der Waals surface area contributed by atoms with Crippen molar-refractivity contribution in [3.63, 3.8) is 0 Å². The number of nitrogens with one attached hydrogen (secondary N) is 1. The second-order valence-electron chi connectivity index (χ2n) is 4.85. The molecule has 0 aromatic carbocycles. The van der Waals surface area contributed by atoms with Gasteiger partial charge in [0.25, 0.3) is 0 Å². The predicted octanol–water partition coefficient (Wildman–Crippen LogP) is 2.17. The maximum Gasteiger partial charge on any atom is 0.0360 e. The van der Waals surface area contributed by atoms with E-state index in [9.17, 15) is 4.21 Å². The monoisotopic (exact) mass is 231 g/mol. The lowest BCUT2D eigenvalue weighted by Gasteiger charge is -2.32. The van der Waals surface area contributed by atoms with Gasteiger partial charge in [0.15, 0.2) is 0 Å². The Balaban J connectivity index is 2.14. The number of hydrogen-bond donors (Lipinski definition) is 1. The third-order valence-corrected chi connectivity index (χ3v) is 4.99. The van der Waals surface area contributed by atoms with Crippen LogP contribution in [0.2, 0.25) is 0 Å². The van der Waals surface area contributed by atoms with Crippen LogP contribution >= 0.6 is 0 Å². The zero-order valence-corrected chi connectivity index (χ0v) is 11.1. The van der Waals surface area contributed by atoms with Crippen LogP contribution in [0.5, 0.6) is 0 Å². The van der Waals surface area contributed by atoms with Crippen LogP contribution in [0.3, 0.4) is 0 Å². The second-order valence-corrected chi connectivity index (χ2v) is 6.72. The first-order valence-corrected chi connectivity index (χ1v) is 7.70. The molecular formula is C12H25NOS. The fourth-order valence-electron chi connectivity index (χ4n) is 2.25. The van der Waals surface area contributed by atoms with Crippen LogP contribution in [-0.2, 0) is 10.8 Å². The molecule has 1 rings (SSSR count). The van der Waals surface area contributed by atoms with Crippen LogP contribution in [0.4, 0.5) is 0 Å². The molecule has 0 aromatic heterocycles. The summed E-state index contributed by atoms with van der Waals surface area (Å²) in [4.78, 5) is 0. The van der Waals surface area contributed by atoms with Gasteiger partial charge in [0.05, 0.1) is 0 Å². The zero-order chi connectivity index (χ0) is 11.3. The van der Waals surface area contributed by atoms with Gasteiger partial charge in [-0.2, -0.15) is 0 Å². The summed E-state index contributed by atoms with van der Waals surface area (Å²) in [5, 5.41) is 3.54. The largest absolute Gasteiger partial charge is 0.313 e. The molecule has 0 aliphatic heterocycles. The maximum atomic E-state index is 11.2. The third-order valence-electron chi connectivity index (χ3n) is 3.68. The summed E-state index contributed by atoms with van der Waals surface area (Å²) in [6.07, 6.45) is 3.93. The summed E-state index contributed by atoms with van der Waals surface area (Å²) in [7, 11) is -0.610. The van der Waals surface area contributed by atoms with Gasteiger partial charge in [-0.05, 0) is 31.1 Å². The van der Waals surface area contributed by atoms with E-state index < -0.39 is 10.8 Å². The Morgan fingerprint density at radius 3 is 2.60 bits per heavy atom. The summed E-state index contributed by atoms with van der Waals surface area (Å²) < 4.78 is 11.2. The Morgan fingerprint density at radius 1 is 1.27 bits per heavy atom. The first kappa shape index (κ1) is 13.2. The van der Waals surface area contributed by atoms with E-state index in [2.05, 4.69) is 19.2 Å². The van der Waals surface area contributed by atoms with Crippen molar-refractivity contribution in [2.75, 3.05) is 18.1 Å².